The second-order valence-corrected chi connectivity index (χ2v) is 4.14. The summed E-state index contributed by atoms with van der Waals surface area (Å²) in [7, 11) is 1.58. The van der Waals surface area contributed by atoms with Crippen LogP contribution in [0.1, 0.15) is 34.7 Å². The van der Waals surface area contributed by atoms with Crippen molar-refractivity contribution in [1.29, 1.82) is 0 Å². The molecule has 92 valence electrons. The van der Waals surface area contributed by atoms with E-state index in [9.17, 15) is 9.18 Å². The zero-order valence-corrected chi connectivity index (χ0v) is 9.83. The lowest BCUT2D eigenvalue weighted by Crippen LogP contribution is -2.18. The highest BCUT2D eigenvalue weighted by Crippen LogP contribution is 2.44. The summed E-state index contributed by atoms with van der Waals surface area (Å²) in [5.41, 5.74) is 1.64. The third kappa shape index (κ3) is 2.75. The molecular formula is C13H16FNO2. The number of halogens is 1. The van der Waals surface area contributed by atoms with Crippen LogP contribution in [0.5, 0.6) is 5.75 Å². The molecule has 0 unspecified atom stereocenters. The number of hydrogen-bond donors (Lipinski definition) is 1. The Bertz CT molecular complexity index is 416. The molecule has 0 aliphatic heterocycles. The van der Waals surface area contributed by atoms with Gasteiger partial charge in [-0.15, -0.1) is 0 Å². The molecule has 1 N–H and O–H groups in total. The summed E-state index contributed by atoms with van der Waals surface area (Å²) < 4.78 is 17.5. The van der Waals surface area contributed by atoms with Gasteiger partial charge < -0.3 is 10.1 Å². The van der Waals surface area contributed by atoms with Crippen LogP contribution < -0.4 is 10.1 Å². The van der Waals surface area contributed by atoms with E-state index in [-0.39, 0.29) is 12.5 Å². The fourth-order valence-corrected chi connectivity index (χ4v) is 1.83. The summed E-state index contributed by atoms with van der Waals surface area (Å²) in [5, 5.41) is 2.56. The van der Waals surface area contributed by atoms with Gasteiger partial charge in [-0.25, -0.2) is 4.39 Å². The van der Waals surface area contributed by atoms with E-state index in [0.29, 0.717) is 17.2 Å². The van der Waals surface area contributed by atoms with Crippen molar-refractivity contribution in [3.63, 3.8) is 0 Å². The minimum Gasteiger partial charge on any atom is -0.491 e. The second-order valence-electron chi connectivity index (χ2n) is 4.14. The predicted octanol–water partition coefficient (Wildman–Crippen LogP) is 2.27. The Balaban J connectivity index is 2.25. The highest BCUT2D eigenvalue weighted by Gasteiger charge is 2.27. The highest BCUT2D eigenvalue weighted by molar-refractivity contribution is 5.94. The summed E-state index contributed by atoms with van der Waals surface area (Å²) in [6.07, 6.45) is 2.29. The zero-order valence-electron chi connectivity index (χ0n) is 9.83. The van der Waals surface area contributed by atoms with Gasteiger partial charge in [-0.2, -0.15) is 0 Å². The molecule has 1 saturated carbocycles. The molecule has 2 rings (SSSR count). The third-order valence-electron chi connectivity index (χ3n) is 2.85. The smallest absolute Gasteiger partial charge is 0.251 e. The fraction of sp³-hybridized carbons (Fsp3) is 0.462. The van der Waals surface area contributed by atoms with E-state index in [1.165, 1.54) is 0 Å². The van der Waals surface area contributed by atoms with Crippen molar-refractivity contribution in [2.45, 2.75) is 18.8 Å². The molecule has 0 bridgehead atoms. The fourth-order valence-electron chi connectivity index (χ4n) is 1.83. The Labute approximate surface area is 100.0 Å². The second kappa shape index (κ2) is 5.17. The summed E-state index contributed by atoms with van der Waals surface area (Å²) in [6.45, 7) is -0.481. The van der Waals surface area contributed by atoms with Crippen LogP contribution in [-0.2, 0) is 0 Å². The Morgan fingerprint density at radius 3 is 2.88 bits per heavy atom. The van der Waals surface area contributed by atoms with E-state index in [0.717, 1.165) is 18.4 Å². The Morgan fingerprint density at radius 1 is 1.53 bits per heavy atom. The first-order valence-corrected chi connectivity index (χ1v) is 5.81. The van der Waals surface area contributed by atoms with Gasteiger partial charge in [0.15, 0.2) is 0 Å². The summed E-state index contributed by atoms with van der Waals surface area (Å²) in [6, 6.07) is 5.40. The molecular weight excluding hydrogens is 221 g/mol. The lowest BCUT2D eigenvalue weighted by atomic mass is 10.1. The van der Waals surface area contributed by atoms with E-state index < -0.39 is 6.67 Å². The van der Waals surface area contributed by atoms with Gasteiger partial charge in [0.2, 0.25) is 0 Å². The van der Waals surface area contributed by atoms with Gasteiger partial charge in [0, 0.05) is 12.6 Å². The lowest BCUT2D eigenvalue weighted by molar-refractivity contribution is 0.0962. The number of rotatable bonds is 5. The largest absolute Gasteiger partial charge is 0.491 e. The molecule has 1 aromatic carbocycles. The number of carbonyl (C=O) groups is 1. The first-order chi connectivity index (χ1) is 8.26. The standard InChI is InChI=1S/C13H16FNO2/c1-15-13(16)10-4-5-11(9-2-3-9)12(8-10)17-7-6-14/h4-5,8-9H,2-3,6-7H2,1H3,(H,15,16). The van der Waals surface area contributed by atoms with Crippen LogP contribution in [0.25, 0.3) is 0 Å². The van der Waals surface area contributed by atoms with E-state index in [2.05, 4.69) is 5.32 Å². The minimum absolute atomic E-state index is 0.0386. The normalized spacial score (nSPS) is 14.5. The van der Waals surface area contributed by atoms with Gasteiger partial charge in [-0.05, 0) is 36.5 Å². The molecule has 0 spiro atoms. The number of ether oxygens (including phenoxy) is 1. The molecule has 1 aliphatic carbocycles. The Hall–Kier alpha value is -1.58. The summed E-state index contributed by atoms with van der Waals surface area (Å²) in [5.74, 6) is 1.01. The Kier molecular flexibility index (Phi) is 3.61. The maximum atomic E-state index is 12.1. The van der Waals surface area contributed by atoms with Gasteiger partial charge in [0.25, 0.3) is 5.91 Å². The topological polar surface area (TPSA) is 38.3 Å². The average Bonchev–Trinajstić information content (AvgIpc) is 3.19. The number of amides is 1. The third-order valence-corrected chi connectivity index (χ3v) is 2.85. The van der Waals surface area contributed by atoms with Gasteiger partial charge in [-0.3, -0.25) is 4.79 Å². The number of carbonyl (C=O) groups excluding carboxylic acids is 1. The van der Waals surface area contributed by atoms with Crippen molar-refractivity contribution < 1.29 is 13.9 Å². The van der Waals surface area contributed by atoms with Gasteiger partial charge >= 0.3 is 0 Å². The van der Waals surface area contributed by atoms with Crippen LogP contribution in [0.2, 0.25) is 0 Å². The molecule has 0 radical (unpaired) electrons. The zero-order chi connectivity index (χ0) is 12.3. The molecule has 1 amide bonds. The van der Waals surface area contributed by atoms with Crippen LogP contribution in [0.3, 0.4) is 0 Å². The summed E-state index contributed by atoms with van der Waals surface area (Å²) in [4.78, 5) is 11.5. The number of hydrogen-bond acceptors (Lipinski definition) is 2. The number of benzene rings is 1. The lowest BCUT2D eigenvalue weighted by Gasteiger charge is -2.11. The van der Waals surface area contributed by atoms with Crippen LogP contribution in [0, 0.1) is 0 Å². The number of alkyl halides is 1. The van der Waals surface area contributed by atoms with Crippen molar-refractivity contribution in [2.75, 3.05) is 20.3 Å². The van der Waals surface area contributed by atoms with Gasteiger partial charge in [0.1, 0.15) is 19.0 Å². The van der Waals surface area contributed by atoms with Crippen molar-refractivity contribution in [3.8, 4) is 5.75 Å². The van der Waals surface area contributed by atoms with E-state index in [1.807, 2.05) is 6.07 Å². The molecule has 3 nitrogen and oxygen atoms in total. The van der Waals surface area contributed by atoms with Crippen LogP contribution in [0.4, 0.5) is 4.39 Å². The molecule has 1 fully saturated rings. The Morgan fingerprint density at radius 2 is 2.29 bits per heavy atom. The molecule has 1 aromatic rings. The highest BCUT2D eigenvalue weighted by atomic mass is 19.1. The quantitative estimate of drug-likeness (QED) is 0.853. The molecule has 0 aromatic heterocycles. The maximum Gasteiger partial charge on any atom is 0.251 e. The number of nitrogens with one attached hydrogen (secondary N) is 1. The van der Waals surface area contributed by atoms with E-state index in [4.69, 9.17) is 4.74 Å². The molecule has 17 heavy (non-hydrogen) atoms. The van der Waals surface area contributed by atoms with Crippen LogP contribution in [0.15, 0.2) is 18.2 Å². The SMILES string of the molecule is CNC(=O)c1ccc(C2CC2)c(OCCF)c1. The van der Waals surface area contributed by atoms with Gasteiger partial charge in [0.05, 0.1) is 0 Å². The maximum absolute atomic E-state index is 12.1. The molecule has 0 saturated heterocycles. The molecule has 4 heteroatoms. The van der Waals surface area contributed by atoms with E-state index in [1.54, 1.807) is 19.2 Å². The van der Waals surface area contributed by atoms with Crippen LogP contribution >= 0.6 is 0 Å². The van der Waals surface area contributed by atoms with Crippen molar-refractivity contribution in [1.82, 2.24) is 5.32 Å². The van der Waals surface area contributed by atoms with Crippen molar-refractivity contribution in [3.05, 3.63) is 29.3 Å². The minimum atomic E-state index is -0.520. The first kappa shape index (κ1) is 11.9. The van der Waals surface area contributed by atoms with Crippen LogP contribution in [-0.4, -0.2) is 26.2 Å². The van der Waals surface area contributed by atoms with Gasteiger partial charge in [-0.1, -0.05) is 6.07 Å². The summed E-state index contributed by atoms with van der Waals surface area (Å²) >= 11 is 0. The van der Waals surface area contributed by atoms with E-state index >= 15 is 0 Å². The predicted molar refractivity (Wildman–Crippen MR) is 63.3 cm³/mol. The molecule has 1 aliphatic rings. The van der Waals surface area contributed by atoms with Crippen molar-refractivity contribution >= 4 is 5.91 Å². The molecule has 0 heterocycles. The first-order valence-electron chi connectivity index (χ1n) is 5.81. The molecule has 0 atom stereocenters. The van der Waals surface area contributed by atoms with Crippen molar-refractivity contribution in [2.24, 2.45) is 0 Å². The monoisotopic (exact) mass is 237 g/mol. The average molecular weight is 237 g/mol.